The second kappa shape index (κ2) is 26.7. The maximum absolute atomic E-state index is 13.8. The van der Waals surface area contributed by atoms with Gasteiger partial charge in [-0.05, 0) is 42.0 Å². The van der Waals surface area contributed by atoms with Gasteiger partial charge in [0.2, 0.25) is 11.8 Å². The summed E-state index contributed by atoms with van der Waals surface area (Å²) in [6.07, 6.45) is 5.63. The molecule has 64 heavy (non-hydrogen) atoms. The van der Waals surface area contributed by atoms with Crippen LogP contribution < -0.4 is 25.4 Å². The second-order valence-corrected chi connectivity index (χ2v) is 16.1. The number of alkyl carbamates (subject to hydrolysis) is 2. The quantitative estimate of drug-likeness (QED) is 0.0429. The van der Waals surface area contributed by atoms with Crippen LogP contribution in [0.15, 0.2) is 48.8 Å². The van der Waals surface area contributed by atoms with Crippen molar-refractivity contribution in [3.63, 3.8) is 0 Å². The number of aromatic amines is 2. The van der Waals surface area contributed by atoms with Gasteiger partial charge < -0.3 is 59.2 Å². The number of rotatable bonds is 22. The number of aryl methyl sites for hydroxylation is 1. The lowest BCUT2D eigenvalue weighted by Crippen LogP contribution is -2.51. The van der Waals surface area contributed by atoms with Crippen molar-refractivity contribution < 1.29 is 47.6 Å². The molecule has 0 aliphatic carbocycles. The molecule has 2 aromatic heterocycles. The Morgan fingerprint density at radius 1 is 0.797 bits per heavy atom. The van der Waals surface area contributed by atoms with Crippen LogP contribution in [0.25, 0.3) is 33.6 Å². The molecule has 1 fully saturated rings. The van der Waals surface area contributed by atoms with Crippen molar-refractivity contribution in [2.75, 3.05) is 79.6 Å². The Morgan fingerprint density at radius 2 is 1.42 bits per heavy atom. The average molecular weight is 909 g/mol. The largest absolute Gasteiger partial charge is 0.487 e. The van der Waals surface area contributed by atoms with Gasteiger partial charge in [0.1, 0.15) is 37.4 Å². The third-order valence-corrected chi connectivity index (χ3v) is 10.7. The smallest absolute Gasteiger partial charge is 0.407 e. The van der Waals surface area contributed by atoms with E-state index >= 15 is 0 Å². The van der Waals surface area contributed by atoms with Crippen molar-refractivity contribution in [1.29, 1.82) is 0 Å². The van der Waals surface area contributed by atoms with E-state index in [0.29, 0.717) is 67.1 Å². The van der Waals surface area contributed by atoms with E-state index in [2.05, 4.69) is 49.5 Å². The maximum Gasteiger partial charge on any atom is 0.407 e. The van der Waals surface area contributed by atoms with E-state index < -0.39 is 18.2 Å². The number of imidazole rings is 2. The Hall–Kier alpha value is -5.79. The first-order chi connectivity index (χ1) is 31.0. The first-order valence-electron chi connectivity index (χ1n) is 21.4. The summed E-state index contributed by atoms with van der Waals surface area (Å²) < 4.78 is 32.8. The number of nitrogens with one attached hydrogen (secondary N) is 5. The van der Waals surface area contributed by atoms with Crippen LogP contribution in [0.1, 0.15) is 64.6 Å². The van der Waals surface area contributed by atoms with Gasteiger partial charge in [0.15, 0.2) is 11.5 Å². The third kappa shape index (κ3) is 14.6. The fraction of sp³-hybridized carbons (Fsp3) is 0.511. The van der Waals surface area contributed by atoms with E-state index in [0.717, 1.165) is 40.4 Å². The van der Waals surface area contributed by atoms with Gasteiger partial charge in [-0.25, -0.2) is 19.6 Å². The minimum Gasteiger partial charge on any atom is -0.487 e. The third-order valence-electron chi connectivity index (χ3n) is 9.88. The van der Waals surface area contributed by atoms with Crippen LogP contribution in [0.5, 0.6) is 11.5 Å². The van der Waals surface area contributed by atoms with Crippen LogP contribution in [0.2, 0.25) is 0 Å². The molecule has 0 saturated carbocycles. The number of aromatic nitrogens is 4. The summed E-state index contributed by atoms with van der Waals surface area (Å²) in [5.74, 6) is 2.94. The summed E-state index contributed by atoms with van der Waals surface area (Å²) in [5, 5.41) is 7.78. The van der Waals surface area contributed by atoms with Crippen molar-refractivity contribution in [3.05, 3.63) is 60.4 Å². The Bertz CT molecular complexity index is 2080. The van der Waals surface area contributed by atoms with Crippen molar-refractivity contribution in [2.24, 2.45) is 5.92 Å². The van der Waals surface area contributed by atoms with Crippen LogP contribution in [0.3, 0.4) is 0 Å². The molecule has 2 aromatic carbocycles. The number of amides is 4. The van der Waals surface area contributed by atoms with Gasteiger partial charge in [0.05, 0.1) is 63.1 Å². The topological polar surface area (TPSA) is 220 Å². The van der Waals surface area contributed by atoms with E-state index in [4.69, 9.17) is 28.7 Å². The number of H-pyrrole nitrogens is 2. The number of nitrogens with zero attached hydrogens (tertiary/aromatic N) is 3. The number of thioether (sulfide) groups is 1. The molecular formula is C45H64N8O10S. The molecular weight excluding hydrogens is 845 g/mol. The lowest BCUT2D eigenvalue weighted by molar-refractivity contribution is -0.135. The van der Waals surface area contributed by atoms with E-state index in [1.807, 2.05) is 50.2 Å². The number of carbonyl (C=O) groups is 4. The van der Waals surface area contributed by atoms with Gasteiger partial charge in [-0.3, -0.25) is 9.59 Å². The number of methoxy groups -OCH3 is 4. The zero-order chi connectivity index (χ0) is 46.4. The molecule has 0 radical (unpaired) electrons. The summed E-state index contributed by atoms with van der Waals surface area (Å²) >= 11 is 1.54. The highest BCUT2D eigenvalue weighted by Gasteiger charge is 2.37. The average Bonchev–Trinajstić information content (AvgIpc) is 4.10. The summed E-state index contributed by atoms with van der Waals surface area (Å²) in [6.45, 7) is 9.62. The van der Waals surface area contributed by atoms with Crippen LogP contribution in [0.4, 0.5) is 9.59 Å². The molecule has 1 aliphatic heterocycles. The molecule has 350 valence electrons. The fourth-order valence-electron chi connectivity index (χ4n) is 6.70. The number of hydrogen-bond acceptors (Lipinski definition) is 13. The molecule has 0 bridgehead atoms. The molecule has 2 atom stereocenters. The number of carbonyl (C=O) groups excluding carboxylic acids is 4. The molecule has 4 aromatic rings. The Labute approximate surface area is 379 Å². The van der Waals surface area contributed by atoms with Crippen molar-refractivity contribution >= 4 is 35.8 Å². The standard InChI is InChI=1S/C42H56N8O10S.C3H8/c1-26(2)36(49-42(54)58-6)40(52)50-16-7-8-33(50)39-44-23-32(48-39)30-14-13-29(37(59-19-17-55-3)38(30)60-20-18-56-4)27-9-11-28(12-10-27)31-22-43-34(47-31)15-21-61-25-46-35(51)24-45-41(53)57-5;1-3-2/h9-14,22-23,26,33,36H,7-8,15-21,24-25H2,1-6H3,(H,43,47)(H,44,48)(H,45,53)(H,46,51)(H,49,54);3H2,1-2H3. The Morgan fingerprint density at radius 3 is 2.06 bits per heavy atom. The number of benzene rings is 2. The van der Waals surface area contributed by atoms with Gasteiger partial charge in [-0.1, -0.05) is 58.4 Å². The van der Waals surface area contributed by atoms with Gasteiger partial charge in [-0.15, -0.1) is 11.8 Å². The number of likely N-dealkylation sites (tertiary alicyclic amines) is 1. The SMILES string of the molecule is CCC.COCCOc1c(-c2ccc(-c3cnc(CCSCNC(=O)CNC(=O)OC)[nH]3)cc2)ccc(-c2cnc(C3CCCN3C(=O)C(NC(=O)OC)C(C)C)[nH]2)c1OCCOC. The number of hydrogen-bond donors (Lipinski definition) is 5. The second-order valence-electron chi connectivity index (χ2n) is 15.0. The zero-order valence-electron chi connectivity index (χ0n) is 38.2. The monoisotopic (exact) mass is 908 g/mol. The molecule has 5 N–H and O–H groups in total. The predicted octanol–water partition coefficient (Wildman–Crippen LogP) is 6.35. The molecule has 18 nitrogen and oxygen atoms in total. The van der Waals surface area contributed by atoms with E-state index in [9.17, 15) is 19.2 Å². The molecule has 4 amide bonds. The van der Waals surface area contributed by atoms with Crippen LogP contribution in [-0.2, 0) is 35.0 Å². The minimum absolute atomic E-state index is 0.151. The van der Waals surface area contributed by atoms with Gasteiger partial charge in [0, 0.05) is 44.1 Å². The summed E-state index contributed by atoms with van der Waals surface area (Å²) in [6, 6.07) is 10.9. The van der Waals surface area contributed by atoms with E-state index in [-0.39, 0.29) is 43.5 Å². The normalized spacial score (nSPS) is 13.7. The molecule has 0 spiro atoms. The summed E-state index contributed by atoms with van der Waals surface area (Å²) in [4.78, 5) is 66.8. The Balaban J connectivity index is 0.00000291. The van der Waals surface area contributed by atoms with E-state index in [1.54, 1.807) is 43.3 Å². The molecule has 1 aliphatic rings. The zero-order valence-corrected chi connectivity index (χ0v) is 39.0. The van der Waals surface area contributed by atoms with Gasteiger partial charge in [0.25, 0.3) is 0 Å². The number of ether oxygens (including phenoxy) is 6. The molecule has 1 saturated heterocycles. The highest BCUT2D eigenvalue weighted by atomic mass is 32.2. The van der Waals surface area contributed by atoms with Crippen LogP contribution in [-0.4, -0.2) is 134 Å². The first kappa shape index (κ1) is 50.9. The van der Waals surface area contributed by atoms with Gasteiger partial charge in [-0.2, -0.15) is 0 Å². The van der Waals surface area contributed by atoms with Crippen molar-refractivity contribution in [1.82, 2.24) is 40.8 Å². The lowest BCUT2D eigenvalue weighted by atomic mass is 9.98. The predicted molar refractivity (Wildman–Crippen MR) is 245 cm³/mol. The summed E-state index contributed by atoms with van der Waals surface area (Å²) in [7, 11) is 5.74. The lowest BCUT2D eigenvalue weighted by Gasteiger charge is -2.30. The molecule has 19 heteroatoms. The minimum atomic E-state index is -0.748. The van der Waals surface area contributed by atoms with Gasteiger partial charge >= 0.3 is 12.2 Å². The van der Waals surface area contributed by atoms with Crippen LogP contribution in [0, 0.1) is 5.92 Å². The van der Waals surface area contributed by atoms with Crippen LogP contribution >= 0.6 is 11.8 Å². The summed E-state index contributed by atoms with van der Waals surface area (Å²) in [5.41, 5.74) is 4.90. The first-order valence-corrected chi connectivity index (χ1v) is 22.6. The Kier molecular flexibility index (Phi) is 21.3. The van der Waals surface area contributed by atoms with Crippen molar-refractivity contribution in [3.8, 4) is 45.1 Å². The molecule has 5 rings (SSSR count). The molecule has 2 unspecified atom stereocenters. The van der Waals surface area contributed by atoms with Crippen molar-refractivity contribution in [2.45, 2.75) is 65.5 Å². The maximum atomic E-state index is 13.8. The fourth-order valence-corrected chi connectivity index (χ4v) is 7.45. The highest BCUT2D eigenvalue weighted by molar-refractivity contribution is 7.99. The van der Waals surface area contributed by atoms with E-state index in [1.165, 1.54) is 20.6 Å². The molecule has 3 heterocycles. The highest BCUT2D eigenvalue weighted by Crippen LogP contribution is 2.45.